The van der Waals surface area contributed by atoms with E-state index in [1.807, 2.05) is 31.2 Å². The molecule has 1 rings (SSSR count). The van der Waals surface area contributed by atoms with Gasteiger partial charge in [-0.25, -0.2) is 0 Å². The van der Waals surface area contributed by atoms with Crippen molar-refractivity contribution >= 4 is 5.97 Å². The van der Waals surface area contributed by atoms with Gasteiger partial charge in [0.2, 0.25) is 0 Å². The SMILES string of the molecule is COC(=O)C(C)N[C@@H](C)c1ccccc1OC. The number of hydrogen-bond donors (Lipinski definition) is 1. The molecule has 4 heteroatoms. The van der Waals surface area contributed by atoms with Crippen molar-refractivity contribution in [2.75, 3.05) is 14.2 Å². The molecule has 0 spiro atoms. The number of rotatable bonds is 5. The van der Waals surface area contributed by atoms with Crippen LogP contribution in [0.2, 0.25) is 0 Å². The minimum atomic E-state index is -0.347. The van der Waals surface area contributed by atoms with Crippen molar-refractivity contribution in [1.29, 1.82) is 0 Å². The molecule has 0 heterocycles. The Morgan fingerprint density at radius 2 is 1.88 bits per heavy atom. The van der Waals surface area contributed by atoms with Crippen LogP contribution in [0.4, 0.5) is 0 Å². The fourth-order valence-electron chi connectivity index (χ4n) is 1.73. The van der Waals surface area contributed by atoms with Crippen LogP contribution in [0, 0.1) is 0 Å². The zero-order valence-corrected chi connectivity index (χ0v) is 10.7. The van der Waals surface area contributed by atoms with Crippen molar-refractivity contribution in [2.45, 2.75) is 25.9 Å². The predicted octanol–water partition coefficient (Wildman–Crippen LogP) is 1.91. The summed E-state index contributed by atoms with van der Waals surface area (Å²) in [6, 6.07) is 7.40. The third kappa shape index (κ3) is 3.46. The number of ether oxygens (including phenoxy) is 2. The van der Waals surface area contributed by atoms with Crippen molar-refractivity contribution < 1.29 is 14.3 Å². The number of carbonyl (C=O) groups is 1. The molecular formula is C13H19NO3. The van der Waals surface area contributed by atoms with E-state index in [1.165, 1.54) is 7.11 Å². The fourth-order valence-corrected chi connectivity index (χ4v) is 1.73. The molecule has 1 N–H and O–H groups in total. The van der Waals surface area contributed by atoms with Gasteiger partial charge in [0.1, 0.15) is 11.8 Å². The summed E-state index contributed by atoms with van der Waals surface area (Å²) in [6.07, 6.45) is 0. The lowest BCUT2D eigenvalue weighted by Gasteiger charge is -2.20. The summed E-state index contributed by atoms with van der Waals surface area (Å²) in [5.74, 6) is 0.538. The first-order valence-electron chi connectivity index (χ1n) is 5.57. The van der Waals surface area contributed by atoms with Crippen molar-refractivity contribution in [2.24, 2.45) is 0 Å². The lowest BCUT2D eigenvalue weighted by molar-refractivity contribution is -0.142. The van der Waals surface area contributed by atoms with Gasteiger partial charge in [-0.3, -0.25) is 10.1 Å². The Labute approximate surface area is 102 Å². The van der Waals surface area contributed by atoms with Crippen LogP contribution in [0.5, 0.6) is 5.75 Å². The highest BCUT2D eigenvalue weighted by Gasteiger charge is 2.18. The van der Waals surface area contributed by atoms with Gasteiger partial charge in [-0.1, -0.05) is 18.2 Å². The predicted molar refractivity (Wildman–Crippen MR) is 66.0 cm³/mol. The Kier molecular flexibility index (Phi) is 4.97. The molecule has 2 atom stereocenters. The third-order valence-corrected chi connectivity index (χ3v) is 2.66. The molecule has 0 saturated heterocycles. The Hall–Kier alpha value is -1.55. The van der Waals surface area contributed by atoms with E-state index in [0.717, 1.165) is 11.3 Å². The topological polar surface area (TPSA) is 47.6 Å². The lowest BCUT2D eigenvalue weighted by atomic mass is 10.1. The molecule has 4 nitrogen and oxygen atoms in total. The average molecular weight is 237 g/mol. The molecule has 0 radical (unpaired) electrons. The number of nitrogens with one attached hydrogen (secondary N) is 1. The number of para-hydroxylation sites is 1. The fraction of sp³-hybridized carbons (Fsp3) is 0.462. The first kappa shape index (κ1) is 13.5. The first-order chi connectivity index (χ1) is 8.10. The molecule has 1 unspecified atom stereocenters. The summed E-state index contributed by atoms with van der Waals surface area (Å²) in [7, 11) is 3.02. The van der Waals surface area contributed by atoms with Crippen molar-refractivity contribution in [1.82, 2.24) is 5.32 Å². The van der Waals surface area contributed by atoms with Crippen LogP contribution < -0.4 is 10.1 Å². The second kappa shape index (κ2) is 6.25. The van der Waals surface area contributed by atoms with Crippen molar-refractivity contribution in [3.8, 4) is 5.75 Å². The van der Waals surface area contributed by atoms with E-state index in [4.69, 9.17) is 4.74 Å². The van der Waals surface area contributed by atoms with Crippen molar-refractivity contribution in [3.05, 3.63) is 29.8 Å². The van der Waals surface area contributed by atoms with E-state index in [9.17, 15) is 4.79 Å². The van der Waals surface area contributed by atoms with Gasteiger partial charge < -0.3 is 9.47 Å². The maximum Gasteiger partial charge on any atom is 0.322 e. The summed E-state index contributed by atoms with van der Waals surface area (Å²) in [6.45, 7) is 3.76. The zero-order chi connectivity index (χ0) is 12.8. The third-order valence-electron chi connectivity index (χ3n) is 2.66. The second-order valence-electron chi connectivity index (χ2n) is 3.88. The molecular weight excluding hydrogens is 218 g/mol. The van der Waals surface area contributed by atoms with Crippen LogP contribution >= 0.6 is 0 Å². The molecule has 0 saturated carbocycles. The van der Waals surface area contributed by atoms with Gasteiger partial charge in [0.05, 0.1) is 14.2 Å². The quantitative estimate of drug-likeness (QED) is 0.795. The largest absolute Gasteiger partial charge is 0.496 e. The molecule has 1 aromatic carbocycles. The number of benzene rings is 1. The number of carbonyl (C=O) groups excluding carboxylic acids is 1. The molecule has 94 valence electrons. The standard InChI is InChI=1S/C13H19NO3/c1-9(14-10(2)13(15)17-4)11-7-5-6-8-12(11)16-3/h5-10,14H,1-4H3/t9-,10?/m0/s1. The van der Waals surface area contributed by atoms with Crippen LogP contribution in [0.25, 0.3) is 0 Å². The first-order valence-corrected chi connectivity index (χ1v) is 5.57. The smallest absolute Gasteiger partial charge is 0.322 e. The van der Waals surface area contributed by atoms with E-state index >= 15 is 0 Å². The summed E-state index contributed by atoms with van der Waals surface area (Å²) < 4.78 is 9.95. The molecule has 17 heavy (non-hydrogen) atoms. The highest BCUT2D eigenvalue weighted by atomic mass is 16.5. The summed E-state index contributed by atoms with van der Waals surface area (Å²) in [5.41, 5.74) is 1.02. The van der Waals surface area contributed by atoms with Crippen LogP contribution in [0.15, 0.2) is 24.3 Å². The summed E-state index contributed by atoms with van der Waals surface area (Å²) >= 11 is 0. The Morgan fingerprint density at radius 1 is 1.24 bits per heavy atom. The van der Waals surface area contributed by atoms with Gasteiger partial charge in [0, 0.05) is 11.6 Å². The van der Waals surface area contributed by atoms with E-state index in [2.05, 4.69) is 10.1 Å². The molecule has 0 aliphatic rings. The molecule has 0 amide bonds. The number of hydrogen-bond acceptors (Lipinski definition) is 4. The Balaban J connectivity index is 2.75. The number of esters is 1. The minimum absolute atomic E-state index is 0.0141. The second-order valence-corrected chi connectivity index (χ2v) is 3.88. The summed E-state index contributed by atoms with van der Waals surface area (Å²) in [4.78, 5) is 11.3. The molecule has 0 fully saturated rings. The van der Waals surface area contributed by atoms with Crippen LogP contribution in [0.3, 0.4) is 0 Å². The van der Waals surface area contributed by atoms with Gasteiger partial charge in [-0.15, -0.1) is 0 Å². The highest BCUT2D eigenvalue weighted by molar-refractivity contribution is 5.75. The van der Waals surface area contributed by atoms with E-state index < -0.39 is 0 Å². The van der Waals surface area contributed by atoms with Crippen LogP contribution in [-0.2, 0) is 9.53 Å². The monoisotopic (exact) mass is 237 g/mol. The molecule has 0 aliphatic heterocycles. The van der Waals surface area contributed by atoms with E-state index in [1.54, 1.807) is 14.0 Å². The Morgan fingerprint density at radius 3 is 2.47 bits per heavy atom. The van der Waals surface area contributed by atoms with Crippen LogP contribution in [-0.4, -0.2) is 26.2 Å². The minimum Gasteiger partial charge on any atom is -0.496 e. The Bertz CT molecular complexity index is 379. The zero-order valence-electron chi connectivity index (χ0n) is 10.7. The highest BCUT2D eigenvalue weighted by Crippen LogP contribution is 2.24. The van der Waals surface area contributed by atoms with E-state index in [-0.39, 0.29) is 18.1 Å². The summed E-state index contributed by atoms with van der Waals surface area (Å²) in [5, 5.41) is 3.17. The average Bonchev–Trinajstić information content (AvgIpc) is 2.37. The molecule has 0 bridgehead atoms. The van der Waals surface area contributed by atoms with Gasteiger partial charge in [-0.05, 0) is 19.9 Å². The van der Waals surface area contributed by atoms with Gasteiger partial charge >= 0.3 is 5.97 Å². The molecule has 1 aromatic rings. The number of methoxy groups -OCH3 is 2. The van der Waals surface area contributed by atoms with Gasteiger partial charge in [0.15, 0.2) is 0 Å². The van der Waals surface area contributed by atoms with Crippen LogP contribution in [0.1, 0.15) is 25.5 Å². The maximum absolute atomic E-state index is 11.3. The van der Waals surface area contributed by atoms with Gasteiger partial charge in [0.25, 0.3) is 0 Å². The van der Waals surface area contributed by atoms with E-state index in [0.29, 0.717) is 0 Å². The maximum atomic E-state index is 11.3. The van der Waals surface area contributed by atoms with Crippen molar-refractivity contribution in [3.63, 3.8) is 0 Å². The lowest BCUT2D eigenvalue weighted by Crippen LogP contribution is -2.36. The normalized spacial score (nSPS) is 13.9. The van der Waals surface area contributed by atoms with Gasteiger partial charge in [-0.2, -0.15) is 0 Å². The molecule has 0 aliphatic carbocycles. The molecule has 0 aromatic heterocycles.